The third-order valence-corrected chi connectivity index (χ3v) is 4.66. The topological polar surface area (TPSA) is 80.2 Å². The molecule has 3 rings (SSSR count). The molecular formula is C17H21N5O2S. The summed E-state index contributed by atoms with van der Waals surface area (Å²) in [5.41, 5.74) is 1.54. The van der Waals surface area contributed by atoms with E-state index in [4.69, 9.17) is 4.74 Å². The molecule has 2 aromatic heterocycles. The maximum Gasteiger partial charge on any atom is 0.254 e. The minimum Gasteiger partial charge on any atom is -0.379 e. The molecule has 8 heteroatoms. The molecule has 0 saturated carbocycles. The second kappa shape index (κ2) is 8.89. The number of hydrogen-bond acceptors (Lipinski definition) is 7. The van der Waals surface area contributed by atoms with Gasteiger partial charge in [-0.15, -0.1) is 0 Å². The van der Waals surface area contributed by atoms with Crippen LogP contribution in [0, 0.1) is 0 Å². The van der Waals surface area contributed by atoms with Crippen molar-refractivity contribution in [3.8, 4) is 0 Å². The van der Waals surface area contributed by atoms with E-state index < -0.39 is 0 Å². The van der Waals surface area contributed by atoms with Gasteiger partial charge in [-0.25, -0.2) is 9.97 Å². The Morgan fingerprint density at radius 2 is 2.08 bits per heavy atom. The summed E-state index contributed by atoms with van der Waals surface area (Å²) in [5, 5.41) is 3.65. The first-order valence-electron chi connectivity index (χ1n) is 8.14. The zero-order valence-electron chi connectivity index (χ0n) is 14.1. The first-order chi connectivity index (χ1) is 12.3. The highest BCUT2D eigenvalue weighted by atomic mass is 32.2. The molecular weight excluding hydrogens is 338 g/mol. The van der Waals surface area contributed by atoms with Gasteiger partial charge in [-0.1, -0.05) is 17.8 Å². The highest BCUT2D eigenvalue weighted by Gasteiger charge is 2.23. The number of thioether (sulfide) groups is 1. The number of amides is 1. The molecule has 1 fully saturated rings. The largest absolute Gasteiger partial charge is 0.379 e. The lowest BCUT2D eigenvalue weighted by atomic mass is 10.1. The Hall–Kier alpha value is -2.03. The fourth-order valence-electron chi connectivity index (χ4n) is 2.75. The lowest BCUT2D eigenvalue weighted by Crippen LogP contribution is -2.43. The van der Waals surface area contributed by atoms with Crippen molar-refractivity contribution in [1.29, 1.82) is 0 Å². The van der Waals surface area contributed by atoms with Crippen LogP contribution < -0.4 is 5.32 Å². The summed E-state index contributed by atoms with van der Waals surface area (Å²) >= 11 is 1.44. The number of pyridine rings is 1. The summed E-state index contributed by atoms with van der Waals surface area (Å²) in [6.45, 7) is 3.57. The number of carbonyl (C=O) groups excluding carboxylic acids is 1. The van der Waals surface area contributed by atoms with Gasteiger partial charge in [0.25, 0.3) is 5.91 Å². The van der Waals surface area contributed by atoms with Crippen molar-refractivity contribution in [2.45, 2.75) is 11.2 Å². The van der Waals surface area contributed by atoms with Crippen molar-refractivity contribution >= 4 is 17.7 Å². The smallest absolute Gasteiger partial charge is 0.254 e. The third-order valence-electron chi connectivity index (χ3n) is 4.08. The van der Waals surface area contributed by atoms with Gasteiger partial charge >= 0.3 is 0 Å². The molecule has 0 bridgehead atoms. The number of nitrogens with zero attached hydrogens (tertiary/aromatic N) is 4. The Kier molecular flexibility index (Phi) is 6.32. The van der Waals surface area contributed by atoms with Crippen LogP contribution in [0.4, 0.5) is 0 Å². The molecule has 1 amide bonds. The van der Waals surface area contributed by atoms with Crippen LogP contribution in [0.1, 0.15) is 22.0 Å². The number of ether oxygens (including phenoxy) is 1. The molecule has 1 N–H and O–H groups in total. The Bertz CT molecular complexity index is 677. The SMILES string of the molecule is CSc1ncc(C(=O)NC[C@H](c2cccnc2)N2CCOCC2)cn1. The molecule has 132 valence electrons. The molecule has 0 radical (unpaired) electrons. The average molecular weight is 359 g/mol. The summed E-state index contributed by atoms with van der Waals surface area (Å²) in [6.07, 6.45) is 8.62. The predicted molar refractivity (Wildman–Crippen MR) is 95.5 cm³/mol. The molecule has 0 spiro atoms. The van der Waals surface area contributed by atoms with E-state index in [2.05, 4.69) is 25.2 Å². The van der Waals surface area contributed by atoms with E-state index in [1.807, 2.05) is 24.6 Å². The maximum absolute atomic E-state index is 12.4. The van der Waals surface area contributed by atoms with Crippen LogP contribution in [0.15, 0.2) is 42.1 Å². The van der Waals surface area contributed by atoms with Crippen molar-refractivity contribution in [3.63, 3.8) is 0 Å². The summed E-state index contributed by atoms with van der Waals surface area (Å²) in [7, 11) is 0. The molecule has 25 heavy (non-hydrogen) atoms. The van der Waals surface area contributed by atoms with E-state index in [1.54, 1.807) is 18.6 Å². The quantitative estimate of drug-likeness (QED) is 0.617. The molecule has 2 aromatic rings. The zero-order valence-corrected chi connectivity index (χ0v) is 14.9. The van der Waals surface area contributed by atoms with E-state index >= 15 is 0 Å². The average Bonchev–Trinajstić information content (AvgIpc) is 2.70. The molecule has 3 heterocycles. The lowest BCUT2D eigenvalue weighted by molar-refractivity contribution is 0.0161. The number of aromatic nitrogens is 3. The highest BCUT2D eigenvalue weighted by Crippen LogP contribution is 2.20. The van der Waals surface area contributed by atoms with Gasteiger partial charge in [0.05, 0.1) is 24.8 Å². The van der Waals surface area contributed by atoms with Gasteiger partial charge in [0.15, 0.2) is 5.16 Å². The van der Waals surface area contributed by atoms with E-state index in [0.717, 1.165) is 18.7 Å². The van der Waals surface area contributed by atoms with Crippen molar-refractivity contribution < 1.29 is 9.53 Å². The minimum atomic E-state index is -0.171. The van der Waals surface area contributed by atoms with Gasteiger partial charge in [-0.2, -0.15) is 0 Å². The van der Waals surface area contributed by atoms with Gasteiger partial charge in [-0.05, 0) is 17.9 Å². The second-order valence-corrected chi connectivity index (χ2v) is 6.39. The number of carbonyl (C=O) groups is 1. The molecule has 1 aliphatic rings. The van der Waals surface area contributed by atoms with Crippen molar-refractivity contribution in [1.82, 2.24) is 25.2 Å². The predicted octanol–water partition coefficient (Wildman–Crippen LogP) is 1.40. The Morgan fingerprint density at radius 3 is 2.72 bits per heavy atom. The monoisotopic (exact) mass is 359 g/mol. The van der Waals surface area contributed by atoms with Crippen molar-refractivity contribution in [3.05, 3.63) is 48.0 Å². The van der Waals surface area contributed by atoms with E-state index in [9.17, 15) is 4.79 Å². The highest BCUT2D eigenvalue weighted by molar-refractivity contribution is 7.98. The van der Waals surface area contributed by atoms with Crippen molar-refractivity contribution in [2.75, 3.05) is 39.1 Å². The Labute approximate surface area is 151 Å². The fourth-order valence-corrected chi connectivity index (χ4v) is 3.07. The van der Waals surface area contributed by atoms with Crippen LogP contribution in [0.3, 0.4) is 0 Å². The zero-order chi connectivity index (χ0) is 17.5. The van der Waals surface area contributed by atoms with Crippen molar-refractivity contribution in [2.24, 2.45) is 0 Å². The van der Waals surface area contributed by atoms with E-state index in [1.165, 1.54) is 11.8 Å². The van der Waals surface area contributed by atoms with Gasteiger partial charge in [0.1, 0.15) is 0 Å². The van der Waals surface area contributed by atoms with Crippen LogP contribution in [-0.2, 0) is 4.74 Å². The molecule has 1 atom stereocenters. The van der Waals surface area contributed by atoms with E-state index in [0.29, 0.717) is 30.5 Å². The summed E-state index contributed by atoms with van der Waals surface area (Å²) < 4.78 is 5.44. The number of morpholine rings is 1. The third kappa shape index (κ3) is 4.75. The summed E-state index contributed by atoms with van der Waals surface area (Å²) in [5.74, 6) is -0.171. The van der Waals surface area contributed by atoms with Crippen LogP contribution in [-0.4, -0.2) is 64.9 Å². The van der Waals surface area contributed by atoms with Gasteiger partial charge in [0, 0.05) is 44.4 Å². The lowest BCUT2D eigenvalue weighted by Gasteiger charge is -2.34. The van der Waals surface area contributed by atoms with Crippen LogP contribution >= 0.6 is 11.8 Å². The maximum atomic E-state index is 12.4. The Balaban J connectivity index is 1.68. The normalized spacial score (nSPS) is 16.4. The van der Waals surface area contributed by atoms with Crippen LogP contribution in [0.5, 0.6) is 0 Å². The van der Waals surface area contributed by atoms with Gasteiger partial charge in [0.2, 0.25) is 0 Å². The summed E-state index contributed by atoms with van der Waals surface area (Å²) in [4.78, 5) is 27.2. The molecule has 0 aliphatic carbocycles. The molecule has 0 aromatic carbocycles. The molecule has 0 unspecified atom stereocenters. The second-order valence-electron chi connectivity index (χ2n) is 5.62. The van der Waals surface area contributed by atoms with E-state index in [-0.39, 0.29) is 11.9 Å². The van der Waals surface area contributed by atoms with Gasteiger partial charge in [-0.3, -0.25) is 14.7 Å². The van der Waals surface area contributed by atoms with Gasteiger partial charge < -0.3 is 10.1 Å². The number of rotatable bonds is 6. The first kappa shape index (κ1) is 17.8. The fraction of sp³-hybridized carbons (Fsp3) is 0.412. The Morgan fingerprint density at radius 1 is 1.32 bits per heavy atom. The number of nitrogens with one attached hydrogen (secondary N) is 1. The molecule has 7 nitrogen and oxygen atoms in total. The minimum absolute atomic E-state index is 0.0629. The molecule has 1 aliphatic heterocycles. The molecule has 1 saturated heterocycles. The number of hydrogen-bond donors (Lipinski definition) is 1. The van der Waals surface area contributed by atoms with Crippen LogP contribution in [0.25, 0.3) is 0 Å². The standard InChI is InChI=1S/C17H21N5O2S/c1-25-17-20-10-14(11-21-17)16(23)19-12-15(13-3-2-4-18-9-13)22-5-7-24-8-6-22/h2-4,9-11,15H,5-8,12H2,1H3,(H,19,23)/t15-/m1/s1. The van der Waals surface area contributed by atoms with Crippen LogP contribution in [0.2, 0.25) is 0 Å². The summed E-state index contributed by atoms with van der Waals surface area (Å²) in [6, 6.07) is 4.02. The first-order valence-corrected chi connectivity index (χ1v) is 9.36.